The van der Waals surface area contributed by atoms with Gasteiger partial charge in [0.1, 0.15) is 5.82 Å². The summed E-state index contributed by atoms with van der Waals surface area (Å²) in [6.07, 6.45) is 1.80. The maximum Gasteiger partial charge on any atom is 0.154 e. The standard InChI is InChI=1S/C12H10N4/c13-11-6-7-12-14-8-10(16(12)15-11)9-4-2-1-3-5-9/h1-8H,(H2,13,15). The second-order valence-corrected chi connectivity index (χ2v) is 3.54. The lowest BCUT2D eigenvalue weighted by atomic mass is 10.2. The van der Waals surface area contributed by atoms with E-state index in [1.807, 2.05) is 36.4 Å². The molecule has 2 heterocycles. The molecule has 2 aromatic heterocycles. The summed E-state index contributed by atoms with van der Waals surface area (Å²) in [5.41, 5.74) is 8.49. The molecule has 0 aliphatic carbocycles. The van der Waals surface area contributed by atoms with Crippen molar-refractivity contribution in [3.8, 4) is 11.3 Å². The number of hydrogen-bond acceptors (Lipinski definition) is 3. The number of imidazole rings is 1. The van der Waals surface area contributed by atoms with Crippen molar-refractivity contribution in [1.29, 1.82) is 0 Å². The van der Waals surface area contributed by atoms with Gasteiger partial charge >= 0.3 is 0 Å². The van der Waals surface area contributed by atoms with Crippen LogP contribution in [0.4, 0.5) is 5.82 Å². The van der Waals surface area contributed by atoms with Crippen molar-refractivity contribution in [2.24, 2.45) is 0 Å². The van der Waals surface area contributed by atoms with Crippen molar-refractivity contribution in [3.63, 3.8) is 0 Å². The van der Waals surface area contributed by atoms with Gasteiger partial charge in [0.25, 0.3) is 0 Å². The van der Waals surface area contributed by atoms with Gasteiger partial charge in [-0.25, -0.2) is 9.50 Å². The lowest BCUT2D eigenvalue weighted by Crippen LogP contribution is -1.98. The average Bonchev–Trinajstić information content (AvgIpc) is 2.73. The highest BCUT2D eigenvalue weighted by molar-refractivity contribution is 5.63. The molecule has 1 aromatic carbocycles. The predicted octanol–water partition coefficient (Wildman–Crippen LogP) is 1.98. The van der Waals surface area contributed by atoms with Crippen LogP contribution in [-0.2, 0) is 0 Å². The molecule has 4 heteroatoms. The Balaban J connectivity index is 2.29. The van der Waals surface area contributed by atoms with Crippen LogP contribution in [0, 0.1) is 0 Å². The molecule has 0 atom stereocenters. The van der Waals surface area contributed by atoms with Crippen LogP contribution in [0.3, 0.4) is 0 Å². The summed E-state index contributed by atoms with van der Waals surface area (Å²) in [7, 11) is 0. The van der Waals surface area contributed by atoms with E-state index in [0.717, 1.165) is 16.9 Å². The summed E-state index contributed by atoms with van der Waals surface area (Å²) >= 11 is 0. The van der Waals surface area contributed by atoms with E-state index in [4.69, 9.17) is 5.73 Å². The Bertz CT molecular complexity index is 628. The van der Waals surface area contributed by atoms with Crippen LogP contribution in [0.5, 0.6) is 0 Å². The summed E-state index contributed by atoms with van der Waals surface area (Å²) in [5.74, 6) is 0.489. The normalized spacial score (nSPS) is 10.8. The molecular weight excluding hydrogens is 200 g/mol. The molecule has 0 radical (unpaired) electrons. The predicted molar refractivity (Wildman–Crippen MR) is 62.8 cm³/mol. The number of benzene rings is 1. The molecule has 0 bridgehead atoms. The molecule has 3 rings (SSSR count). The van der Waals surface area contributed by atoms with Crippen molar-refractivity contribution in [3.05, 3.63) is 48.7 Å². The molecule has 0 aliphatic rings. The van der Waals surface area contributed by atoms with Crippen LogP contribution in [0.1, 0.15) is 0 Å². The SMILES string of the molecule is Nc1ccc2ncc(-c3ccccc3)n2n1. The Kier molecular flexibility index (Phi) is 1.86. The number of aromatic nitrogens is 3. The van der Waals surface area contributed by atoms with Crippen LogP contribution < -0.4 is 5.73 Å². The first-order chi connectivity index (χ1) is 7.84. The highest BCUT2D eigenvalue weighted by Crippen LogP contribution is 2.19. The maximum atomic E-state index is 5.67. The fourth-order valence-corrected chi connectivity index (χ4v) is 1.69. The minimum atomic E-state index is 0.489. The molecule has 3 aromatic rings. The second kappa shape index (κ2) is 3.34. The van der Waals surface area contributed by atoms with Gasteiger partial charge in [-0.3, -0.25) is 0 Å². The van der Waals surface area contributed by atoms with Gasteiger partial charge in [0.15, 0.2) is 5.65 Å². The van der Waals surface area contributed by atoms with E-state index < -0.39 is 0 Å². The number of rotatable bonds is 1. The molecule has 0 amide bonds. The van der Waals surface area contributed by atoms with Crippen LogP contribution in [0.15, 0.2) is 48.7 Å². The Hall–Kier alpha value is -2.36. The Morgan fingerprint density at radius 2 is 1.81 bits per heavy atom. The fourth-order valence-electron chi connectivity index (χ4n) is 1.69. The molecule has 0 unspecified atom stereocenters. The highest BCUT2D eigenvalue weighted by atomic mass is 15.3. The first kappa shape index (κ1) is 8.91. The molecule has 4 nitrogen and oxygen atoms in total. The van der Waals surface area contributed by atoms with Crippen LogP contribution >= 0.6 is 0 Å². The van der Waals surface area contributed by atoms with Crippen molar-refractivity contribution in [2.75, 3.05) is 5.73 Å². The second-order valence-electron chi connectivity index (χ2n) is 3.54. The summed E-state index contributed by atoms with van der Waals surface area (Å²) in [6, 6.07) is 13.6. The van der Waals surface area contributed by atoms with E-state index in [1.165, 1.54) is 0 Å². The third-order valence-electron chi connectivity index (χ3n) is 2.45. The number of nitrogen functional groups attached to an aromatic ring is 1. The van der Waals surface area contributed by atoms with E-state index in [-0.39, 0.29) is 0 Å². The summed E-state index contributed by atoms with van der Waals surface area (Å²) < 4.78 is 1.75. The number of fused-ring (bicyclic) bond motifs is 1. The zero-order chi connectivity index (χ0) is 11.0. The van der Waals surface area contributed by atoms with Gasteiger partial charge in [-0.15, -0.1) is 5.10 Å². The molecule has 0 saturated carbocycles. The fraction of sp³-hybridized carbons (Fsp3) is 0. The molecule has 0 aliphatic heterocycles. The first-order valence-electron chi connectivity index (χ1n) is 5.00. The summed E-state index contributed by atoms with van der Waals surface area (Å²) in [6.45, 7) is 0. The van der Waals surface area contributed by atoms with E-state index in [2.05, 4.69) is 10.1 Å². The Morgan fingerprint density at radius 1 is 1.00 bits per heavy atom. The van der Waals surface area contributed by atoms with Crippen molar-refractivity contribution in [2.45, 2.75) is 0 Å². The summed E-state index contributed by atoms with van der Waals surface area (Å²) in [4.78, 5) is 4.28. The Morgan fingerprint density at radius 3 is 2.62 bits per heavy atom. The average molecular weight is 210 g/mol. The zero-order valence-electron chi connectivity index (χ0n) is 8.54. The maximum absolute atomic E-state index is 5.67. The van der Waals surface area contributed by atoms with Gasteiger partial charge in [-0.2, -0.15) is 0 Å². The van der Waals surface area contributed by atoms with E-state index >= 15 is 0 Å². The van der Waals surface area contributed by atoms with Crippen molar-refractivity contribution in [1.82, 2.24) is 14.6 Å². The quantitative estimate of drug-likeness (QED) is 0.668. The minimum Gasteiger partial charge on any atom is -0.382 e. The van der Waals surface area contributed by atoms with Gasteiger partial charge in [0.05, 0.1) is 11.9 Å². The third kappa shape index (κ3) is 1.32. The van der Waals surface area contributed by atoms with Crippen molar-refractivity contribution < 1.29 is 0 Å². The van der Waals surface area contributed by atoms with Crippen molar-refractivity contribution >= 4 is 11.5 Å². The number of hydrogen-bond donors (Lipinski definition) is 1. The number of nitrogens with zero attached hydrogens (tertiary/aromatic N) is 3. The van der Waals surface area contributed by atoms with Crippen LogP contribution in [0.2, 0.25) is 0 Å². The lowest BCUT2D eigenvalue weighted by Gasteiger charge is -2.00. The van der Waals surface area contributed by atoms with Crippen LogP contribution in [0.25, 0.3) is 16.9 Å². The summed E-state index contributed by atoms with van der Waals surface area (Å²) in [5, 5.41) is 4.24. The molecule has 78 valence electrons. The minimum absolute atomic E-state index is 0.489. The number of anilines is 1. The zero-order valence-corrected chi connectivity index (χ0v) is 8.54. The molecular formula is C12H10N4. The van der Waals surface area contributed by atoms with Crippen LogP contribution in [-0.4, -0.2) is 14.6 Å². The molecule has 16 heavy (non-hydrogen) atoms. The highest BCUT2D eigenvalue weighted by Gasteiger charge is 2.06. The molecule has 0 saturated heterocycles. The van der Waals surface area contributed by atoms with Gasteiger partial charge in [-0.1, -0.05) is 30.3 Å². The number of nitrogens with two attached hydrogens (primary N) is 1. The first-order valence-corrected chi connectivity index (χ1v) is 5.00. The molecule has 0 spiro atoms. The van der Waals surface area contributed by atoms with Gasteiger partial charge < -0.3 is 5.73 Å². The third-order valence-corrected chi connectivity index (χ3v) is 2.45. The van der Waals surface area contributed by atoms with E-state index in [0.29, 0.717) is 5.82 Å². The van der Waals surface area contributed by atoms with Gasteiger partial charge in [0, 0.05) is 5.56 Å². The molecule has 0 fully saturated rings. The van der Waals surface area contributed by atoms with E-state index in [9.17, 15) is 0 Å². The monoisotopic (exact) mass is 210 g/mol. The van der Waals surface area contributed by atoms with E-state index in [1.54, 1.807) is 16.8 Å². The van der Waals surface area contributed by atoms with Gasteiger partial charge in [-0.05, 0) is 12.1 Å². The Labute approximate surface area is 92.4 Å². The van der Waals surface area contributed by atoms with Gasteiger partial charge in [0.2, 0.25) is 0 Å². The smallest absolute Gasteiger partial charge is 0.154 e. The molecule has 2 N–H and O–H groups in total. The largest absolute Gasteiger partial charge is 0.382 e. The lowest BCUT2D eigenvalue weighted by molar-refractivity contribution is 0.952. The topological polar surface area (TPSA) is 56.2 Å².